The first-order valence-corrected chi connectivity index (χ1v) is 17.2. The van der Waals surface area contributed by atoms with E-state index in [1.165, 1.54) is 17.5 Å². The molecule has 2 aromatic heterocycles. The summed E-state index contributed by atoms with van der Waals surface area (Å²) in [5, 5.41) is 39.6. The van der Waals surface area contributed by atoms with Crippen molar-refractivity contribution in [3.63, 3.8) is 0 Å². The van der Waals surface area contributed by atoms with E-state index in [-0.39, 0.29) is 5.91 Å². The van der Waals surface area contributed by atoms with Crippen molar-refractivity contribution >= 4 is 71.0 Å². The molecule has 1 aromatic carbocycles. The van der Waals surface area contributed by atoms with Crippen LogP contribution in [0.5, 0.6) is 0 Å². The lowest BCUT2D eigenvalue weighted by Crippen LogP contribution is -2.45. The Balaban J connectivity index is 0.000000542. The average Bonchev–Trinajstić information content (AvgIpc) is 3.51. The first-order chi connectivity index (χ1) is 22.7. The van der Waals surface area contributed by atoms with Gasteiger partial charge in [-0.1, -0.05) is 35.1 Å². The predicted octanol–water partition coefficient (Wildman–Crippen LogP) is 3.38. The summed E-state index contributed by atoms with van der Waals surface area (Å²) in [6.07, 6.45) is -3.02. The smallest absolute Gasteiger partial charge is 0.408 e. The number of aliphatic hydroxyl groups is 2. The van der Waals surface area contributed by atoms with Gasteiger partial charge >= 0.3 is 19.7 Å². The maximum absolute atomic E-state index is 13.1. The Bertz CT molecular complexity index is 1590. The van der Waals surface area contributed by atoms with E-state index in [4.69, 9.17) is 41.1 Å². The molecule has 4 rings (SSSR count). The van der Waals surface area contributed by atoms with Crippen molar-refractivity contribution < 1.29 is 48.4 Å². The quantitative estimate of drug-likeness (QED) is 0.138. The summed E-state index contributed by atoms with van der Waals surface area (Å²) >= 11 is 7.45. The zero-order chi connectivity index (χ0) is 35.6. The number of nitrogens with zero attached hydrogens (tertiary/aromatic N) is 5. The van der Waals surface area contributed by atoms with E-state index in [0.717, 1.165) is 11.4 Å². The van der Waals surface area contributed by atoms with Crippen LogP contribution in [0, 0.1) is 13.8 Å². The molecule has 1 aliphatic rings. The van der Waals surface area contributed by atoms with Crippen LogP contribution in [0.15, 0.2) is 30.5 Å². The first-order valence-electron chi connectivity index (χ1n) is 14.5. The topological polar surface area (TPSA) is 237 Å². The number of para-hydroxylation sites is 1. The molecule has 262 valence electrons. The minimum absolute atomic E-state index is 0.291. The SMILES string of the molecule is CCOP(=O)(OCC)N1CCN(c2cc(Nc3ncc(C(=O)Nc4c(C)cccc4Cl)s3)nc(C)n2)CC1.O=C(O)[C@@H](O)[C@H](O)C(=O)O. The summed E-state index contributed by atoms with van der Waals surface area (Å²) in [6, 6.07) is 7.28. The molecule has 20 heteroatoms. The number of amides is 1. The van der Waals surface area contributed by atoms with Crippen LogP contribution in [0.25, 0.3) is 0 Å². The third-order valence-corrected chi connectivity index (χ3v) is 10.1. The van der Waals surface area contributed by atoms with E-state index in [0.29, 0.717) is 71.8 Å². The van der Waals surface area contributed by atoms with Crippen LogP contribution in [0.4, 0.5) is 22.5 Å². The molecule has 1 amide bonds. The van der Waals surface area contributed by atoms with Gasteiger partial charge in [-0.05, 0) is 39.3 Å². The van der Waals surface area contributed by atoms with E-state index >= 15 is 0 Å². The Morgan fingerprint density at radius 2 is 1.62 bits per heavy atom. The minimum atomic E-state index is -3.30. The van der Waals surface area contributed by atoms with Gasteiger partial charge in [-0.2, -0.15) is 0 Å². The molecule has 0 saturated carbocycles. The highest BCUT2D eigenvalue weighted by atomic mass is 35.5. The number of anilines is 4. The van der Waals surface area contributed by atoms with Crippen molar-refractivity contribution in [3.8, 4) is 0 Å². The molecule has 48 heavy (non-hydrogen) atoms. The van der Waals surface area contributed by atoms with Gasteiger partial charge in [-0.15, -0.1) is 0 Å². The maximum Gasteiger partial charge on any atom is 0.408 e. The second kappa shape index (κ2) is 17.6. The van der Waals surface area contributed by atoms with Gasteiger partial charge < -0.3 is 36.0 Å². The Kier molecular flexibility index (Phi) is 14.2. The van der Waals surface area contributed by atoms with Gasteiger partial charge in [0.05, 0.1) is 30.1 Å². The van der Waals surface area contributed by atoms with E-state index in [9.17, 15) is 18.9 Å². The summed E-state index contributed by atoms with van der Waals surface area (Å²) in [5.74, 6) is -1.94. The van der Waals surface area contributed by atoms with Gasteiger partial charge in [-0.25, -0.2) is 33.8 Å². The first kappa shape index (κ1) is 38.7. The number of hydrogen-bond acceptors (Lipinski definition) is 14. The number of aromatic nitrogens is 3. The second-order valence-corrected chi connectivity index (χ2v) is 13.5. The highest BCUT2D eigenvalue weighted by Crippen LogP contribution is 2.52. The fourth-order valence-electron chi connectivity index (χ4n) is 4.26. The molecule has 6 N–H and O–H groups in total. The number of aliphatic hydroxyl groups excluding tert-OH is 2. The summed E-state index contributed by atoms with van der Waals surface area (Å²) in [6.45, 7) is 10.2. The molecule has 0 unspecified atom stereocenters. The van der Waals surface area contributed by atoms with Crippen LogP contribution in [0.3, 0.4) is 0 Å². The number of carbonyl (C=O) groups is 3. The number of piperazine rings is 1. The molecule has 2 atom stereocenters. The number of rotatable bonds is 13. The van der Waals surface area contributed by atoms with Crippen LogP contribution in [0.2, 0.25) is 5.02 Å². The summed E-state index contributed by atoms with van der Waals surface area (Å²) in [7, 11) is -3.30. The fourth-order valence-corrected chi connectivity index (χ4v) is 6.97. The molecule has 1 aliphatic heterocycles. The Labute approximate surface area is 285 Å². The van der Waals surface area contributed by atoms with E-state index < -0.39 is 31.9 Å². The third kappa shape index (κ3) is 10.4. The number of carbonyl (C=O) groups excluding carboxylic acids is 1. The molecule has 17 nitrogen and oxygen atoms in total. The van der Waals surface area contributed by atoms with Gasteiger partial charge in [-0.3, -0.25) is 13.8 Å². The van der Waals surface area contributed by atoms with Crippen molar-refractivity contribution in [1.29, 1.82) is 0 Å². The molecular weight excluding hydrogens is 693 g/mol. The number of hydrogen-bond donors (Lipinski definition) is 6. The second-order valence-electron chi connectivity index (χ2n) is 10.0. The van der Waals surface area contributed by atoms with Crippen LogP contribution < -0.4 is 15.5 Å². The highest BCUT2D eigenvalue weighted by Gasteiger charge is 2.36. The maximum atomic E-state index is 13.1. The normalized spacial score (nSPS) is 14.8. The average molecular weight is 730 g/mol. The van der Waals surface area contributed by atoms with Crippen molar-refractivity contribution in [2.24, 2.45) is 0 Å². The number of carboxylic acid groups (broad SMARTS) is 2. The van der Waals surface area contributed by atoms with Gasteiger partial charge in [0.1, 0.15) is 22.3 Å². The number of benzene rings is 1. The standard InChI is InChI=1S/C24H31ClN7O4PS.C4H6O6/c1-5-35-37(34,36-6-2)32-12-10-31(11-13-32)21-14-20(27-17(4)28-21)29-24-26-15-19(38-24)23(33)30-22-16(3)8-7-9-18(22)25;5-1(3(7)8)2(6)4(9)10/h7-9,14-15H,5-6,10-13H2,1-4H3,(H,30,33)(H,26,27,28,29);1-2,5-6H,(H,7,8)(H,9,10)/t;1-,2-/m.0/s1. The molecule has 0 aliphatic carbocycles. The van der Waals surface area contributed by atoms with E-state index in [2.05, 4.69) is 30.5 Å². The third-order valence-electron chi connectivity index (χ3n) is 6.57. The van der Waals surface area contributed by atoms with Crippen molar-refractivity contribution in [2.45, 2.75) is 39.9 Å². The van der Waals surface area contributed by atoms with Gasteiger partial charge in [0, 0.05) is 32.2 Å². The summed E-state index contributed by atoms with van der Waals surface area (Å²) in [5.41, 5.74) is 1.45. The zero-order valence-corrected chi connectivity index (χ0v) is 29.0. The molecule has 0 spiro atoms. The minimum Gasteiger partial charge on any atom is -0.479 e. The van der Waals surface area contributed by atoms with Crippen molar-refractivity contribution in [1.82, 2.24) is 19.6 Å². The van der Waals surface area contributed by atoms with E-state index in [1.54, 1.807) is 24.6 Å². The number of aliphatic carboxylic acids is 2. The molecular formula is C28H37ClN7O10PS. The number of thiazole rings is 1. The van der Waals surface area contributed by atoms with Crippen LogP contribution in [-0.4, -0.2) is 109 Å². The van der Waals surface area contributed by atoms with E-state index in [1.807, 2.05) is 32.0 Å². The molecule has 1 fully saturated rings. The Morgan fingerprint density at radius 1 is 1.02 bits per heavy atom. The summed E-state index contributed by atoms with van der Waals surface area (Å²) < 4.78 is 25.8. The molecule has 3 aromatic rings. The van der Waals surface area contributed by atoms with Crippen LogP contribution >= 0.6 is 30.7 Å². The van der Waals surface area contributed by atoms with Gasteiger partial charge in [0.15, 0.2) is 17.3 Å². The zero-order valence-electron chi connectivity index (χ0n) is 26.5. The van der Waals surface area contributed by atoms with Crippen molar-refractivity contribution in [2.75, 3.05) is 54.9 Å². The van der Waals surface area contributed by atoms with Crippen molar-refractivity contribution in [3.05, 3.63) is 51.7 Å². The van der Waals surface area contributed by atoms with Crippen LogP contribution in [-0.2, 0) is 23.2 Å². The highest BCUT2D eigenvalue weighted by molar-refractivity contribution is 7.51. The molecule has 0 bridgehead atoms. The largest absolute Gasteiger partial charge is 0.479 e. The predicted molar refractivity (Wildman–Crippen MR) is 178 cm³/mol. The Hall–Kier alpha value is -3.74. The number of aryl methyl sites for hydroxylation is 2. The summed E-state index contributed by atoms with van der Waals surface area (Å²) in [4.78, 5) is 48.3. The lowest BCUT2D eigenvalue weighted by Gasteiger charge is -2.37. The van der Waals surface area contributed by atoms with Crippen LogP contribution in [0.1, 0.15) is 34.9 Å². The Morgan fingerprint density at radius 3 is 2.17 bits per heavy atom. The fraction of sp³-hybridized carbons (Fsp3) is 0.429. The lowest BCUT2D eigenvalue weighted by atomic mass is 10.2. The van der Waals surface area contributed by atoms with Gasteiger partial charge in [0.25, 0.3) is 5.91 Å². The number of nitrogens with one attached hydrogen (secondary N) is 2. The molecule has 0 radical (unpaired) electrons. The lowest BCUT2D eigenvalue weighted by molar-refractivity contribution is -0.165. The number of carboxylic acids is 2. The van der Waals surface area contributed by atoms with Gasteiger partial charge in [0.2, 0.25) is 0 Å². The molecule has 1 saturated heterocycles. The number of halogens is 1. The monoisotopic (exact) mass is 729 g/mol. The molecule has 3 heterocycles.